The summed E-state index contributed by atoms with van der Waals surface area (Å²) >= 11 is 17.8. The predicted octanol–water partition coefficient (Wildman–Crippen LogP) is 4.73. The Balaban J connectivity index is 2.22. The van der Waals surface area contributed by atoms with Crippen molar-refractivity contribution in [3.63, 3.8) is 0 Å². The topological polar surface area (TPSA) is 54.0 Å². The van der Waals surface area contributed by atoms with Crippen LogP contribution in [0.15, 0.2) is 30.3 Å². The lowest BCUT2D eigenvalue weighted by molar-refractivity contribution is 0.102. The fourth-order valence-electron chi connectivity index (χ4n) is 1.65. The minimum Gasteiger partial charge on any atom is -0.370 e. The van der Waals surface area contributed by atoms with Crippen molar-refractivity contribution in [2.24, 2.45) is 0 Å². The molecule has 0 aliphatic heterocycles. The van der Waals surface area contributed by atoms with Crippen molar-refractivity contribution < 1.29 is 4.79 Å². The van der Waals surface area contributed by atoms with Crippen LogP contribution in [0.1, 0.15) is 17.4 Å². The van der Waals surface area contributed by atoms with Crippen LogP contribution < -0.4 is 10.6 Å². The number of nitrogens with one attached hydrogen (secondary N) is 2. The van der Waals surface area contributed by atoms with Crippen molar-refractivity contribution in [3.8, 4) is 0 Å². The molecule has 0 radical (unpaired) electrons. The zero-order valence-corrected chi connectivity index (χ0v) is 13.4. The monoisotopic (exact) mass is 343 g/mol. The number of hydrogen-bond donors (Lipinski definition) is 2. The molecule has 0 unspecified atom stereocenters. The summed E-state index contributed by atoms with van der Waals surface area (Å²) in [6.45, 7) is 2.67. The van der Waals surface area contributed by atoms with Gasteiger partial charge in [0.05, 0.1) is 20.8 Å². The van der Waals surface area contributed by atoms with E-state index in [1.165, 1.54) is 12.1 Å². The van der Waals surface area contributed by atoms with E-state index in [0.29, 0.717) is 26.6 Å². The first-order valence-electron chi connectivity index (χ1n) is 6.18. The van der Waals surface area contributed by atoms with Gasteiger partial charge in [-0.2, -0.15) is 0 Å². The summed E-state index contributed by atoms with van der Waals surface area (Å²) in [6.07, 6.45) is 0. The number of hydrogen-bond acceptors (Lipinski definition) is 3. The molecule has 2 aromatic rings. The van der Waals surface area contributed by atoms with Gasteiger partial charge in [-0.05, 0) is 31.2 Å². The second-order valence-electron chi connectivity index (χ2n) is 4.14. The number of rotatable bonds is 4. The quantitative estimate of drug-likeness (QED) is 0.789. The van der Waals surface area contributed by atoms with Crippen LogP contribution in [-0.2, 0) is 0 Å². The van der Waals surface area contributed by atoms with Gasteiger partial charge in [0.25, 0.3) is 5.91 Å². The van der Waals surface area contributed by atoms with E-state index in [0.717, 1.165) is 6.54 Å². The Labute approximate surface area is 137 Å². The van der Waals surface area contributed by atoms with Crippen LogP contribution in [-0.4, -0.2) is 17.4 Å². The Bertz CT molecular complexity index is 677. The van der Waals surface area contributed by atoms with Crippen LogP contribution in [0, 0.1) is 0 Å². The molecule has 0 fully saturated rings. The molecule has 0 atom stereocenters. The van der Waals surface area contributed by atoms with Crippen molar-refractivity contribution in [1.82, 2.24) is 4.98 Å². The number of carbonyl (C=O) groups is 1. The molecule has 2 rings (SSSR count). The van der Waals surface area contributed by atoms with Gasteiger partial charge in [0.1, 0.15) is 11.5 Å². The minimum absolute atomic E-state index is 0.274. The molecule has 21 heavy (non-hydrogen) atoms. The molecule has 1 amide bonds. The van der Waals surface area contributed by atoms with Gasteiger partial charge in [0.2, 0.25) is 0 Å². The lowest BCUT2D eigenvalue weighted by Crippen LogP contribution is -2.15. The summed E-state index contributed by atoms with van der Waals surface area (Å²) in [7, 11) is 0. The average molecular weight is 345 g/mol. The highest BCUT2D eigenvalue weighted by Crippen LogP contribution is 2.32. The zero-order valence-electron chi connectivity index (χ0n) is 11.1. The molecule has 0 aliphatic rings. The second kappa shape index (κ2) is 6.98. The third-order valence-corrected chi connectivity index (χ3v) is 3.63. The molecule has 110 valence electrons. The Morgan fingerprint density at radius 2 is 1.86 bits per heavy atom. The number of amides is 1. The second-order valence-corrected chi connectivity index (χ2v) is 5.36. The minimum atomic E-state index is -0.380. The fourth-order valence-corrected chi connectivity index (χ4v) is 2.24. The van der Waals surface area contributed by atoms with E-state index in [1.54, 1.807) is 18.2 Å². The fraction of sp³-hybridized carbons (Fsp3) is 0.143. The Morgan fingerprint density at radius 1 is 1.14 bits per heavy atom. The first-order valence-corrected chi connectivity index (χ1v) is 7.31. The number of nitrogens with zero attached hydrogens (tertiary/aromatic N) is 1. The van der Waals surface area contributed by atoms with E-state index in [4.69, 9.17) is 34.8 Å². The largest absolute Gasteiger partial charge is 0.370 e. The van der Waals surface area contributed by atoms with Crippen molar-refractivity contribution in [2.45, 2.75) is 6.92 Å². The average Bonchev–Trinajstić information content (AvgIpc) is 2.45. The molecule has 0 saturated carbocycles. The van der Waals surface area contributed by atoms with Crippen LogP contribution in [0.3, 0.4) is 0 Å². The maximum Gasteiger partial charge on any atom is 0.274 e. The van der Waals surface area contributed by atoms with Gasteiger partial charge >= 0.3 is 0 Å². The van der Waals surface area contributed by atoms with Crippen molar-refractivity contribution in [2.75, 3.05) is 17.2 Å². The first-order chi connectivity index (χ1) is 10.0. The molecule has 0 spiro atoms. The number of anilines is 2. The van der Waals surface area contributed by atoms with E-state index in [1.807, 2.05) is 6.92 Å². The van der Waals surface area contributed by atoms with Gasteiger partial charge in [-0.1, -0.05) is 40.9 Å². The predicted molar refractivity (Wildman–Crippen MR) is 87.8 cm³/mol. The number of halogens is 3. The lowest BCUT2D eigenvalue weighted by atomic mass is 10.3. The van der Waals surface area contributed by atoms with E-state index in [9.17, 15) is 4.79 Å². The standard InChI is InChI=1S/C14H12Cl3N3O/c1-2-18-13-5-3-4-11(19-13)14(21)20-12-7-9(16)8(15)6-10(12)17/h3-7H,2H2,1H3,(H,18,19)(H,20,21). The SMILES string of the molecule is CCNc1cccc(C(=O)Nc2cc(Cl)c(Cl)cc2Cl)n1. The van der Waals surface area contributed by atoms with Gasteiger partial charge in [-0.15, -0.1) is 0 Å². The highest BCUT2D eigenvalue weighted by Gasteiger charge is 2.12. The molecule has 0 saturated heterocycles. The van der Waals surface area contributed by atoms with Gasteiger partial charge in [-0.3, -0.25) is 4.79 Å². The van der Waals surface area contributed by atoms with Gasteiger partial charge in [0, 0.05) is 6.54 Å². The highest BCUT2D eigenvalue weighted by molar-refractivity contribution is 6.44. The zero-order chi connectivity index (χ0) is 15.4. The molecule has 1 aromatic heterocycles. The number of carbonyl (C=O) groups excluding carboxylic acids is 1. The van der Waals surface area contributed by atoms with Crippen LogP contribution in [0.2, 0.25) is 15.1 Å². The highest BCUT2D eigenvalue weighted by atomic mass is 35.5. The summed E-state index contributed by atoms with van der Waals surface area (Å²) in [5.74, 6) is 0.250. The van der Waals surface area contributed by atoms with E-state index in [2.05, 4.69) is 15.6 Å². The molecule has 1 aromatic carbocycles. The maximum absolute atomic E-state index is 12.2. The molecule has 4 nitrogen and oxygen atoms in total. The van der Waals surface area contributed by atoms with Gasteiger partial charge < -0.3 is 10.6 Å². The third-order valence-electron chi connectivity index (χ3n) is 2.60. The van der Waals surface area contributed by atoms with Gasteiger partial charge in [-0.25, -0.2) is 4.98 Å². The molecule has 1 heterocycles. The Morgan fingerprint density at radius 3 is 2.57 bits per heavy atom. The Kier molecular flexibility index (Phi) is 5.28. The van der Waals surface area contributed by atoms with Crippen LogP contribution in [0.5, 0.6) is 0 Å². The number of pyridine rings is 1. The van der Waals surface area contributed by atoms with Crippen molar-refractivity contribution in [3.05, 3.63) is 51.1 Å². The molecular formula is C14H12Cl3N3O. The summed E-state index contributed by atoms with van der Waals surface area (Å²) in [6, 6.07) is 8.12. The molecule has 0 aliphatic carbocycles. The maximum atomic E-state index is 12.2. The summed E-state index contributed by atoms with van der Waals surface area (Å²) in [5, 5.41) is 6.64. The Hall–Kier alpha value is -1.49. The number of benzene rings is 1. The molecule has 2 N–H and O–H groups in total. The molecule has 0 bridgehead atoms. The van der Waals surface area contributed by atoms with E-state index < -0.39 is 0 Å². The number of aromatic nitrogens is 1. The lowest BCUT2D eigenvalue weighted by Gasteiger charge is -2.09. The van der Waals surface area contributed by atoms with Crippen LogP contribution in [0.4, 0.5) is 11.5 Å². The van der Waals surface area contributed by atoms with Gasteiger partial charge in [0.15, 0.2) is 0 Å². The molecule has 7 heteroatoms. The molecular weight excluding hydrogens is 333 g/mol. The summed E-state index contributed by atoms with van der Waals surface area (Å²) in [5.41, 5.74) is 0.655. The normalized spacial score (nSPS) is 10.3. The van der Waals surface area contributed by atoms with E-state index >= 15 is 0 Å². The van der Waals surface area contributed by atoms with Crippen LogP contribution >= 0.6 is 34.8 Å². The smallest absolute Gasteiger partial charge is 0.274 e. The van der Waals surface area contributed by atoms with E-state index in [-0.39, 0.29) is 11.6 Å². The third kappa shape index (κ3) is 4.00. The van der Waals surface area contributed by atoms with Crippen LogP contribution in [0.25, 0.3) is 0 Å². The summed E-state index contributed by atoms with van der Waals surface area (Å²) < 4.78 is 0. The van der Waals surface area contributed by atoms with Crippen molar-refractivity contribution >= 4 is 52.2 Å². The van der Waals surface area contributed by atoms with Crippen molar-refractivity contribution in [1.29, 1.82) is 0 Å². The first kappa shape index (κ1) is 15.9. The summed E-state index contributed by atoms with van der Waals surface area (Å²) in [4.78, 5) is 16.4.